The van der Waals surface area contributed by atoms with Gasteiger partial charge < -0.3 is 5.11 Å². The lowest BCUT2D eigenvalue weighted by molar-refractivity contribution is 0.229. The maximum absolute atomic E-state index is 10.6. The van der Waals surface area contributed by atoms with Crippen molar-refractivity contribution >= 4 is 17.2 Å². The molecule has 2 heteroatoms. The first kappa shape index (κ1) is 17.0. The zero-order valence-corrected chi connectivity index (χ0v) is 14.3. The minimum atomic E-state index is -0.752. The highest BCUT2D eigenvalue weighted by atomic mass is 35.5. The van der Waals surface area contributed by atoms with Gasteiger partial charge in [-0.25, -0.2) is 0 Å². The highest BCUT2D eigenvalue weighted by molar-refractivity contribution is 6.30. The minimum absolute atomic E-state index is 0.645. The molecule has 1 atom stereocenters. The molecular weight excluding hydrogens is 328 g/mol. The number of hydrogen-bond acceptors (Lipinski definition) is 1. The van der Waals surface area contributed by atoms with E-state index >= 15 is 0 Å². The Kier molecular flexibility index (Phi) is 5.69. The second-order valence-corrected chi connectivity index (χ2v) is 6.00. The molecule has 0 amide bonds. The predicted octanol–water partition coefficient (Wildman–Crippen LogP) is 5.51. The van der Waals surface area contributed by atoms with Crippen LogP contribution in [0.3, 0.4) is 0 Å². The van der Waals surface area contributed by atoms with Crippen LogP contribution in [-0.2, 0) is 0 Å². The van der Waals surface area contributed by atoms with Crippen molar-refractivity contribution in [1.82, 2.24) is 0 Å². The van der Waals surface area contributed by atoms with Crippen LogP contribution in [0.2, 0.25) is 5.02 Å². The van der Waals surface area contributed by atoms with Crippen LogP contribution in [0.4, 0.5) is 0 Å². The monoisotopic (exact) mass is 344 g/mol. The van der Waals surface area contributed by atoms with Crippen LogP contribution in [-0.4, -0.2) is 5.11 Å². The summed E-state index contributed by atoms with van der Waals surface area (Å²) < 4.78 is 0. The van der Waals surface area contributed by atoms with Crippen LogP contribution >= 0.6 is 11.6 Å². The number of halogens is 1. The third-order valence-electron chi connectivity index (χ3n) is 3.74. The molecular formula is C23H17ClO. The number of rotatable bonds is 3. The van der Waals surface area contributed by atoms with Gasteiger partial charge >= 0.3 is 0 Å². The summed E-state index contributed by atoms with van der Waals surface area (Å²) in [7, 11) is 0. The Bertz CT molecular complexity index is 901. The molecule has 3 aromatic rings. The van der Waals surface area contributed by atoms with E-state index in [1.54, 1.807) is 18.2 Å². The standard InChI is InChI=1S/C23H17ClO/c24-22-15-13-20(14-16-22)23(25)17-21(19-9-5-2-6-10-19)12-11-18-7-3-1-4-8-18/h1-10,13-17,23,25H/b21-17+. The second-order valence-electron chi connectivity index (χ2n) is 5.56. The highest BCUT2D eigenvalue weighted by Crippen LogP contribution is 2.22. The van der Waals surface area contributed by atoms with Gasteiger partial charge in [-0.15, -0.1) is 0 Å². The summed E-state index contributed by atoms with van der Waals surface area (Å²) in [5, 5.41) is 11.2. The molecule has 1 nitrogen and oxygen atoms in total. The SMILES string of the molecule is OC(/C=C(\C#Cc1ccccc1)c1ccccc1)c1ccc(Cl)cc1. The summed E-state index contributed by atoms with van der Waals surface area (Å²) in [6.45, 7) is 0. The Morgan fingerprint density at radius 1 is 0.840 bits per heavy atom. The highest BCUT2D eigenvalue weighted by Gasteiger charge is 2.07. The number of benzene rings is 3. The summed E-state index contributed by atoms with van der Waals surface area (Å²) in [5.74, 6) is 6.35. The molecule has 25 heavy (non-hydrogen) atoms. The lowest BCUT2D eigenvalue weighted by Crippen LogP contribution is -1.95. The van der Waals surface area contributed by atoms with Crippen molar-refractivity contribution in [3.63, 3.8) is 0 Å². The fourth-order valence-electron chi connectivity index (χ4n) is 2.40. The van der Waals surface area contributed by atoms with Gasteiger partial charge in [0.25, 0.3) is 0 Å². The normalized spacial score (nSPS) is 12.2. The van der Waals surface area contributed by atoms with Crippen LogP contribution in [0, 0.1) is 11.8 Å². The van der Waals surface area contributed by atoms with Crippen molar-refractivity contribution in [2.75, 3.05) is 0 Å². The number of aliphatic hydroxyl groups is 1. The van der Waals surface area contributed by atoms with E-state index < -0.39 is 6.10 Å². The fourth-order valence-corrected chi connectivity index (χ4v) is 2.53. The lowest BCUT2D eigenvalue weighted by Gasteiger charge is -2.08. The number of allylic oxidation sites excluding steroid dienone is 1. The van der Waals surface area contributed by atoms with Crippen molar-refractivity contribution in [2.45, 2.75) is 6.10 Å². The van der Waals surface area contributed by atoms with Crippen LogP contribution in [0.15, 0.2) is 91.0 Å². The molecule has 1 N–H and O–H groups in total. The van der Waals surface area contributed by atoms with E-state index in [1.807, 2.05) is 72.8 Å². The third-order valence-corrected chi connectivity index (χ3v) is 3.99. The first-order valence-electron chi connectivity index (χ1n) is 8.00. The molecule has 0 saturated carbocycles. The van der Waals surface area contributed by atoms with Gasteiger partial charge in [0.05, 0.1) is 6.10 Å². The smallest absolute Gasteiger partial charge is 0.0986 e. The molecule has 0 spiro atoms. The Balaban J connectivity index is 1.96. The molecule has 0 aliphatic rings. The minimum Gasteiger partial charge on any atom is -0.384 e. The quantitative estimate of drug-likeness (QED) is 0.621. The van der Waals surface area contributed by atoms with Crippen LogP contribution < -0.4 is 0 Å². The second kappa shape index (κ2) is 8.35. The van der Waals surface area contributed by atoms with Gasteiger partial charge in [0.15, 0.2) is 0 Å². The molecule has 1 unspecified atom stereocenters. The number of hydrogen-bond donors (Lipinski definition) is 1. The third kappa shape index (κ3) is 4.84. The average Bonchev–Trinajstić information content (AvgIpc) is 2.67. The van der Waals surface area contributed by atoms with Gasteiger partial charge in [-0.2, -0.15) is 0 Å². The van der Waals surface area contributed by atoms with Crippen molar-refractivity contribution in [3.8, 4) is 11.8 Å². The predicted molar refractivity (Wildman–Crippen MR) is 104 cm³/mol. The first-order chi connectivity index (χ1) is 12.2. The van der Waals surface area contributed by atoms with E-state index in [0.29, 0.717) is 5.02 Å². The largest absolute Gasteiger partial charge is 0.384 e. The molecule has 0 aromatic heterocycles. The van der Waals surface area contributed by atoms with E-state index in [1.165, 1.54) is 0 Å². The van der Waals surface area contributed by atoms with E-state index in [-0.39, 0.29) is 0 Å². The molecule has 0 bridgehead atoms. The summed E-state index contributed by atoms with van der Waals surface area (Å²) in [6.07, 6.45) is 1.02. The molecule has 0 aliphatic carbocycles. The number of aliphatic hydroxyl groups excluding tert-OH is 1. The van der Waals surface area contributed by atoms with Crippen molar-refractivity contribution in [2.24, 2.45) is 0 Å². The molecule has 3 rings (SSSR count). The van der Waals surface area contributed by atoms with E-state index in [0.717, 1.165) is 22.3 Å². The van der Waals surface area contributed by atoms with E-state index in [4.69, 9.17) is 11.6 Å². The Hall–Kier alpha value is -2.79. The Labute approximate surface area is 153 Å². The molecule has 0 saturated heterocycles. The van der Waals surface area contributed by atoms with E-state index in [2.05, 4.69) is 11.8 Å². The Morgan fingerprint density at radius 3 is 2.08 bits per heavy atom. The maximum atomic E-state index is 10.6. The molecule has 0 aliphatic heterocycles. The summed E-state index contributed by atoms with van der Waals surface area (Å²) in [6, 6.07) is 26.8. The van der Waals surface area contributed by atoms with Gasteiger partial charge in [0, 0.05) is 16.2 Å². The van der Waals surface area contributed by atoms with Gasteiger partial charge in [0.1, 0.15) is 0 Å². The summed E-state index contributed by atoms with van der Waals surface area (Å²) in [4.78, 5) is 0. The topological polar surface area (TPSA) is 20.2 Å². The van der Waals surface area contributed by atoms with E-state index in [9.17, 15) is 5.11 Å². The zero-order valence-electron chi connectivity index (χ0n) is 13.6. The summed E-state index contributed by atoms with van der Waals surface area (Å²) in [5.41, 5.74) is 3.47. The zero-order chi connectivity index (χ0) is 17.5. The molecule has 0 radical (unpaired) electrons. The van der Waals surface area contributed by atoms with Crippen molar-refractivity contribution in [3.05, 3.63) is 113 Å². The fraction of sp³-hybridized carbons (Fsp3) is 0.0435. The van der Waals surface area contributed by atoms with Gasteiger partial charge in [-0.05, 0) is 41.5 Å². The Morgan fingerprint density at radius 2 is 1.44 bits per heavy atom. The van der Waals surface area contributed by atoms with Crippen molar-refractivity contribution < 1.29 is 5.11 Å². The molecule has 122 valence electrons. The average molecular weight is 345 g/mol. The molecule has 0 heterocycles. The lowest BCUT2D eigenvalue weighted by atomic mass is 10.0. The van der Waals surface area contributed by atoms with Gasteiger partial charge in [-0.1, -0.05) is 84.1 Å². The van der Waals surface area contributed by atoms with Gasteiger partial charge in [0.2, 0.25) is 0 Å². The maximum Gasteiger partial charge on any atom is 0.0986 e. The first-order valence-corrected chi connectivity index (χ1v) is 8.38. The summed E-state index contributed by atoms with van der Waals surface area (Å²) >= 11 is 5.92. The molecule has 3 aromatic carbocycles. The van der Waals surface area contributed by atoms with Crippen LogP contribution in [0.25, 0.3) is 5.57 Å². The van der Waals surface area contributed by atoms with Crippen LogP contribution in [0.5, 0.6) is 0 Å². The molecule has 0 fully saturated rings. The van der Waals surface area contributed by atoms with Gasteiger partial charge in [-0.3, -0.25) is 0 Å². The van der Waals surface area contributed by atoms with Crippen molar-refractivity contribution in [1.29, 1.82) is 0 Å². The van der Waals surface area contributed by atoms with Crippen LogP contribution in [0.1, 0.15) is 22.8 Å².